The van der Waals surface area contributed by atoms with E-state index in [-0.39, 0.29) is 23.7 Å². The van der Waals surface area contributed by atoms with Gasteiger partial charge in [0.15, 0.2) is 3.79 Å². The summed E-state index contributed by atoms with van der Waals surface area (Å²) in [4.78, 5) is 11.6. The molecule has 0 spiro atoms. The molecule has 0 amide bonds. The topological polar surface area (TPSA) is 26.3 Å². The predicted octanol–water partition coefficient (Wildman–Crippen LogP) is 3.97. The van der Waals surface area contributed by atoms with E-state index in [9.17, 15) is 4.79 Å². The Bertz CT molecular complexity index is 250. The van der Waals surface area contributed by atoms with Crippen LogP contribution in [0.3, 0.4) is 0 Å². The molecule has 2 nitrogen and oxygen atoms in total. The van der Waals surface area contributed by atoms with Gasteiger partial charge in [-0.3, -0.25) is 4.79 Å². The van der Waals surface area contributed by atoms with Gasteiger partial charge < -0.3 is 4.74 Å². The minimum Gasteiger partial charge on any atom is -0.466 e. The Morgan fingerprint density at radius 3 is 2.38 bits per heavy atom. The zero-order valence-electron chi connectivity index (χ0n) is 9.51. The van der Waals surface area contributed by atoms with Crippen molar-refractivity contribution in [1.82, 2.24) is 0 Å². The maximum Gasteiger partial charge on any atom is 0.309 e. The molecule has 1 aliphatic carbocycles. The third kappa shape index (κ3) is 3.41. The number of alkyl halides is 3. The Balaban J connectivity index is 2.58. The van der Waals surface area contributed by atoms with Gasteiger partial charge >= 0.3 is 5.97 Å². The largest absolute Gasteiger partial charge is 0.466 e. The first-order valence-electron chi connectivity index (χ1n) is 5.66. The van der Waals surface area contributed by atoms with Crippen molar-refractivity contribution >= 4 is 40.8 Å². The van der Waals surface area contributed by atoms with Crippen LogP contribution in [0.15, 0.2) is 0 Å². The fourth-order valence-electron chi connectivity index (χ4n) is 2.18. The van der Waals surface area contributed by atoms with E-state index in [0.717, 1.165) is 19.3 Å². The van der Waals surface area contributed by atoms with Crippen molar-refractivity contribution in [1.29, 1.82) is 0 Å². The molecule has 1 aliphatic rings. The molecule has 0 heterocycles. The van der Waals surface area contributed by atoms with Crippen LogP contribution in [0.5, 0.6) is 0 Å². The molecule has 94 valence electrons. The lowest BCUT2D eigenvalue weighted by Gasteiger charge is -2.09. The first kappa shape index (κ1) is 14.4. The zero-order valence-corrected chi connectivity index (χ0v) is 11.8. The van der Waals surface area contributed by atoms with Gasteiger partial charge in [-0.25, -0.2) is 0 Å². The molecule has 1 saturated carbocycles. The number of carbonyl (C=O) groups is 1. The average molecular weight is 288 g/mol. The molecule has 0 aromatic carbocycles. The van der Waals surface area contributed by atoms with Gasteiger partial charge in [-0.05, 0) is 19.3 Å². The van der Waals surface area contributed by atoms with Gasteiger partial charge in [0.25, 0.3) is 0 Å². The molecule has 1 rings (SSSR count). The van der Waals surface area contributed by atoms with Crippen molar-refractivity contribution in [2.75, 3.05) is 6.61 Å². The summed E-state index contributed by atoms with van der Waals surface area (Å²) in [5.41, 5.74) is 0. The van der Waals surface area contributed by atoms with E-state index < -0.39 is 3.79 Å². The van der Waals surface area contributed by atoms with Crippen molar-refractivity contribution in [3.8, 4) is 0 Å². The minimum absolute atomic E-state index is 0.173. The van der Waals surface area contributed by atoms with Gasteiger partial charge in [-0.1, -0.05) is 54.6 Å². The van der Waals surface area contributed by atoms with Crippen LogP contribution in [0, 0.1) is 17.8 Å². The van der Waals surface area contributed by atoms with Crippen LogP contribution in [0.25, 0.3) is 0 Å². The first-order valence-corrected chi connectivity index (χ1v) is 6.80. The minimum atomic E-state index is -1.35. The van der Waals surface area contributed by atoms with Crippen molar-refractivity contribution in [2.45, 2.75) is 36.9 Å². The van der Waals surface area contributed by atoms with Crippen molar-refractivity contribution in [2.24, 2.45) is 17.8 Å². The Kier molecular flexibility index (Phi) is 5.21. The molecule has 0 radical (unpaired) electrons. The molecular weight excluding hydrogens is 270 g/mol. The van der Waals surface area contributed by atoms with Crippen molar-refractivity contribution in [3.63, 3.8) is 0 Å². The monoisotopic (exact) mass is 286 g/mol. The Hall–Kier alpha value is 0.340. The molecule has 3 atom stereocenters. The summed E-state index contributed by atoms with van der Waals surface area (Å²) in [6.07, 6.45) is 3.06. The van der Waals surface area contributed by atoms with Gasteiger partial charge in [0.1, 0.15) is 0 Å². The molecule has 0 aromatic heterocycles. The van der Waals surface area contributed by atoms with E-state index in [1.54, 1.807) is 6.92 Å². The molecule has 0 bridgehead atoms. The molecule has 16 heavy (non-hydrogen) atoms. The summed E-state index contributed by atoms with van der Waals surface area (Å²) < 4.78 is 3.64. The number of esters is 1. The smallest absolute Gasteiger partial charge is 0.309 e. The highest BCUT2D eigenvalue weighted by molar-refractivity contribution is 6.68. The van der Waals surface area contributed by atoms with Crippen LogP contribution in [-0.4, -0.2) is 16.4 Å². The van der Waals surface area contributed by atoms with Gasteiger partial charge in [0.2, 0.25) is 0 Å². The number of halogens is 3. The summed E-state index contributed by atoms with van der Waals surface area (Å²) in [6.45, 7) is 4.26. The van der Waals surface area contributed by atoms with E-state index in [4.69, 9.17) is 39.5 Å². The quantitative estimate of drug-likeness (QED) is 0.565. The lowest BCUT2D eigenvalue weighted by molar-refractivity contribution is -0.145. The van der Waals surface area contributed by atoms with Crippen molar-refractivity contribution < 1.29 is 9.53 Å². The Morgan fingerprint density at radius 1 is 1.31 bits per heavy atom. The number of hydrogen-bond acceptors (Lipinski definition) is 2. The van der Waals surface area contributed by atoms with E-state index in [1.165, 1.54) is 0 Å². The zero-order chi connectivity index (χ0) is 12.3. The molecular formula is C11H17Cl3O2. The van der Waals surface area contributed by atoms with E-state index in [0.29, 0.717) is 6.61 Å². The predicted molar refractivity (Wildman–Crippen MR) is 66.9 cm³/mol. The normalized spacial score (nSPS) is 28.9. The summed E-state index contributed by atoms with van der Waals surface area (Å²) in [6, 6.07) is 0. The summed E-state index contributed by atoms with van der Waals surface area (Å²) >= 11 is 17.6. The second-order valence-electron chi connectivity index (χ2n) is 4.15. The van der Waals surface area contributed by atoms with E-state index >= 15 is 0 Å². The summed E-state index contributed by atoms with van der Waals surface area (Å²) in [7, 11) is 0. The number of carbonyl (C=O) groups excluding carboxylic acids is 1. The van der Waals surface area contributed by atoms with Crippen LogP contribution in [0.4, 0.5) is 0 Å². The standard InChI is InChI=1S/C11H17Cl3O2/c1-3-5-6-7-8(10(15)16-4-2)9(7)11(12,13)14/h7-9H,3-6H2,1-2H3/t7-,8+,9+/m1/s1. The number of ether oxygens (including phenoxy) is 1. The third-order valence-corrected chi connectivity index (χ3v) is 3.75. The van der Waals surface area contributed by atoms with Gasteiger partial charge in [0, 0.05) is 5.92 Å². The molecule has 0 aliphatic heterocycles. The SMILES string of the molecule is CCCC[C@@H]1[C@H](C(=O)OCC)[C@H]1C(Cl)(Cl)Cl. The fourth-order valence-corrected chi connectivity index (χ4v) is 3.07. The molecule has 5 heteroatoms. The molecule has 0 aromatic rings. The highest BCUT2D eigenvalue weighted by Crippen LogP contribution is 2.60. The van der Waals surface area contributed by atoms with E-state index in [2.05, 4.69) is 6.92 Å². The lowest BCUT2D eigenvalue weighted by atomic mass is 10.1. The molecule has 1 fully saturated rings. The number of hydrogen-bond donors (Lipinski definition) is 0. The average Bonchev–Trinajstić information content (AvgIpc) is 2.88. The second kappa shape index (κ2) is 5.79. The summed E-state index contributed by atoms with van der Waals surface area (Å²) in [5.74, 6) is -0.450. The molecule has 0 saturated heterocycles. The Labute approximate surface area is 112 Å². The third-order valence-electron chi connectivity index (χ3n) is 3.00. The molecule has 0 unspecified atom stereocenters. The van der Waals surface area contributed by atoms with Gasteiger partial charge in [-0.2, -0.15) is 0 Å². The second-order valence-corrected chi connectivity index (χ2v) is 6.52. The first-order chi connectivity index (χ1) is 7.43. The van der Waals surface area contributed by atoms with E-state index in [1.807, 2.05) is 0 Å². The van der Waals surface area contributed by atoms with Gasteiger partial charge in [0.05, 0.1) is 12.5 Å². The van der Waals surface area contributed by atoms with Crippen LogP contribution in [-0.2, 0) is 9.53 Å². The van der Waals surface area contributed by atoms with Crippen molar-refractivity contribution in [3.05, 3.63) is 0 Å². The highest BCUT2D eigenvalue weighted by Gasteiger charge is 2.63. The van der Waals surface area contributed by atoms with Crippen LogP contribution < -0.4 is 0 Å². The number of rotatable bonds is 5. The Morgan fingerprint density at radius 2 is 1.94 bits per heavy atom. The van der Waals surface area contributed by atoms with Crippen LogP contribution >= 0.6 is 34.8 Å². The lowest BCUT2D eigenvalue weighted by Crippen LogP contribution is -2.14. The fraction of sp³-hybridized carbons (Fsp3) is 0.909. The molecule has 0 N–H and O–H groups in total. The van der Waals surface area contributed by atoms with Crippen LogP contribution in [0.2, 0.25) is 0 Å². The highest BCUT2D eigenvalue weighted by atomic mass is 35.6. The van der Waals surface area contributed by atoms with Gasteiger partial charge in [-0.15, -0.1) is 0 Å². The summed E-state index contributed by atoms with van der Waals surface area (Å²) in [5, 5.41) is 0. The maximum absolute atomic E-state index is 11.6. The maximum atomic E-state index is 11.6. The van der Waals surface area contributed by atoms with Crippen LogP contribution in [0.1, 0.15) is 33.1 Å². The number of unbranched alkanes of at least 4 members (excludes halogenated alkanes) is 1.